The van der Waals surface area contributed by atoms with Gasteiger partial charge in [-0.15, -0.1) is 0 Å². The zero-order valence-electron chi connectivity index (χ0n) is 10.2. The monoisotopic (exact) mass is 260 g/mol. The smallest absolute Gasteiger partial charge is 0.227 e. The fourth-order valence-corrected chi connectivity index (χ4v) is 2.29. The Hall–Kier alpha value is -2.24. The van der Waals surface area contributed by atoms with Crippen LogP contribution < -0.4 is 5.32 Å². The van der Waals surface area contributed by atoms with Crippen LogP contribution in [0.25, 0.3) is 0 Å². The van der Waals surface area contributed by atoms with Crippen molar-refractivity contribution in [3.8, 4) is 0 Å². The van der Waals surface area contributed by atoms with Crippen LogP contribution in [0, 0.1) is 11.7 Å². The molecule has 2 N–H and O–H groups in total. The van der Waals surface area contributed by atoms with E-state index in [0.717, 1.165) is 24.2 Å². The molecule has 1 amide bonds. The molecule has 0 bridgehead atoms. The lowest BCUT2D eigenvalue weighted by molar-refractivity contribution is -0.120. The molecular formula is C13H13FN4O. The number of nitrogens with zero attached hydrogens (tertiary/aromatic N) is 2. The number of fused-ring (bicyclic) bond motifs is 1. The molecular weight excluding hydrogens is 247 g/mol. The predicted molar refractivity (Wildman–Crippen MR) is 66.9 cm³/mol. The second kappa shape index (κ2) is 4.79. The number of amides is 1. The lowest BCUT2D eigenvalue weighted by atomic mass is 9.89. The van der Waals surface area contributed by atoms with Gasteiger partial charge in [0.15, 0.2) is 0 Å². The quantitative estimate of drug-likeness (QED) is 0.863. The average molecular weight is 260 g/mol. The van der Waals surface area contributed by atoms with E-state index in [1.165, 1.54) is 12.1 Å². The highest BCUT2D eigenvalue weighted by Crippen LogP contribution is 2.23. The normalized spacial score (nSPS) is 17.8. The van der Waals surface area contributed by atoms with E-state index in [9.17, 15) is 9.18 Å². The highest BCUT2D eigenvalue weighted by molar-refractivity contribution is 5.92. The molecule has 0 saturated carbocycles. The lowest BCUT2D eigenvalue weighted by Gasteiger charge is -2.19. The number of nitrogens with one attached hydrogen (secondary N) is 2. The van der Waals surface area contributed by atoms with Crippen molar-refractivity contribution >= 4 is 11.6 Å². The molecule has 0 radical (unpaired) electrons. The van der Waals surface area contributed by atoms with E-state index in [-0.39, 0.29) is 17.6 Å². The first-order chi connectivity index (χ1) is 9.22. The summed E-state index contributed by atoms with van der Waals surface area (Å²) in [6.07, 6.45) is 2.11. The summed E-state index contributed by atoms with van der Waals surface area (Å²) in [5.41, 5.74) is 2.42. The number of hydrogen-bond acceptors (Lipinski definition) is 3. The van der Waals surface area contributed by atoms with E-state index in [4.69, 9.17) is 0 Å². The number of hydrogen-bond donors (Lipinski definition) is 2. The number of H-pyrrole nitrogens is 1. The Morgan fingerprint density at radius 3 is 2.79 bits per heavy atom. The Morgan fingerprint density at radius 2 is 2.00 bits per heavy atom. The van der Waals surface area contributed by atoms with Crippen LogP contribution in [0.3, 0.4) is 0 Å². The summed E-state index contributed by atoms with van der Waals surface area (Å²) in [6, 6.07) is 5.76. The molecule has 1 atom stereocenters. The molecule has 2 aromatic rings. The topological polar surface area (TPSA) is 70.7 Å². The first kappa shape index (κ1) is 11.8. The maximum atomic E-state index is 12.8. The van der Waals surface area contributed by atoms with Gasteiger partial charge >= 0.3 is 0 Å². The summed E-state index contributed by atoms with van der Waals surface area (Å²) in [6.45, 7) is 0. The number of carbonyl (C=O) groups is 1. The number of aromatic nitrogens is 3. The Kier molecular flexibility index (Phi) is 2.98. The van der Waals surface area contributed by atoms with Crippen LogP contribution >= 0.6 is 0 Å². The van der Waals surface area contributed by atoms with Crippen LogP contribution in [-0.4, -0.2) is 21.3 Å². The zero-order valence-corrected chi connectivity index (χ0v) is 10.2. The van der Waals surface area contributed by atoms with Gasteiger partial charge in [-0.3, -0.25) is 4.79 Å². The van der Waals surface area contributed by atoms with Gasteiger partial charge in [0.1, 0.15) is 5.82 Å². The SMILES string of the molecule is O=C(Nc1ccc(F)cc1)C1CCc2n[nH]nc2C1. The van der Waals surface area contributed by atoms with Crippen LogP contribution in [0.2, 0.25) is 0 Å². The molecule has 5 nitrogen and oxygen atoms in total. The second-order valence-electron chi connectivity index (χ2n) is 4.65. The van der Waals surface area contributed by atoms with E-state index in [1.807, 2.05) is 0 Å². The third-order valence-electron chi connectivity index (χ3n) is 3.35. The lowest BCUT2D eigenvalue weighted by Crippen LogP contribution is -2.28. The first-order valence-corrected chi connectivity index (χ1v) is 6.17. The molecule has 1 aliphatic rings. The van der Waals surface area contributed by atoms with Gasteiger partial charge in [-0.05, 0) is 37.1 Å². The third-order valence-corrected chi connectivity index (χ3v) is 3.35. The molecule has 1 heterocycles. The van der Waals surface area contributed by atoms with Crippen molar-refractivity contribution in [2.45, 2.75) is 19.3 Å². The molecule has 0 saturated heterocycles. The Morgan fingerprint density at radius 1 is 1.26 bits per heavy atom. The van der Waals surface area contributed by atoms with Gasteiger partial charge in [-0.25, -0.2) is 4.39 Å². The van der Waals surface area contributed by atoms with Crippen LogP contribution in [-0.2, 0) is 17.6 Å². The van der Waals surface area contributed by atoms with Crippen LogP contribution in [0.4, 0.5) is 10.1 Å². The Bertz CT molecular complexity index is 593. The molecule has 1 unspecified atom stereocenters. The minimum Gasteiger partial charge on any atom is -0.326 e. The first-order valence-electron chi connectivity index (χ1n) is 6.17. The van der Waals surface area contributed by atoms with E-state index in [2.05, 4.69) is 20.7 Å². The van der Waals surface area contributed by atoms with E-state index in [1.54, 1.807) is 12.1 Å². The highest BCUT2D eigenvalue weighted by atomic mass is 19.1. The highest BCUT2D eigenvalue weighted by Gasteiger charge is 2.27. The van der Waals surface area contributed by atoms with E-state index in [0.29, 0.717) is 12.1 Å². The number of halogens is 1. The molecule has 0 aliphatic heterocycles. The number of aryl methyl sites for hydroxylation is 1. The minimum atomic E-state index is -0.317. The summed E-state index contributed by atoms with van der Waals surface area (Å²) in [5, 5.41) is 13.5. The van der Waals surface area contributed by atoms with Crippen molar-refractivity contribution in [3.63, 3.8) is 0 Å². The maximum absolute atomic E-state index is 12.8. The number of carbonyl (C=O) groups excluding carboxylic acids is 1. The van der Waals surface area contributed by atoms with Crippen molar-refractivity contribution in [2.75, 3.05) is 5.32 Å². The van der Waals surface area contributed by atoms with Gasteiger partial charge in [0.25, 0.3) is 0 Å². The maximum Gasteiger partial charge on any atom is 0.227 e. The van der Waals surface area contributed by atoms with Crippen molar-refractivity contribution < 1.29 is 9.18 Å². The van der Waals surface area contributed by atoms with E-state index < -0.39 is 0 Å². The Balaban J connectivity index is 1.67. The summed E-state index contributed by atoms with van der Waals surface area (Å²) < 4.78 is 12.8. The molecule has 3 rings (SSSR count). The molecule has 6 heteroatoms. The van der Waals surface area contributed by atoms with Crippen LogP contribution in [0.5, 0.6) is 0 Å². The summed E-state index contributed by atoms with van der Waals surface area (Å²) >= 11 is 0. The third kappa shape index (κ3) is 2.47. The second-order valence-corrected chi connectivity index (χ2v) is 4.65. The van der Waals surface area contributed by atoms with Gasteiger partial charge in [-0.2, -0.15) is 15.4 Å². The van der Waals surface area contributed by atoms with Crippen LogP contribution in [0.1, 0.15) is 17.8 Å². The van der Waals surface area contributed by atoms with Crippen molar-refractivity contribution in [2.24, 2.45) is 5.92 Å². The molecule has 19 heavy (non-hydrogen) atoms. The van der Waals surface area contributed by atoms with E-state index >= 15 is 0 Å². The fourth-order valence-electron chi connectivity index (χ4n) is 2.29. The van der Waals surface area contributed by atoms with Gasteiger partial charge < -0.3 is 5.32 Å². The fraction of sp³-hybridized carbons (Fsp3) is 0.308. The summed E-state index contributed by atoms with van der Waals surface area (Å²) in [7, 11) is 0. The summed E-state index contributed by atoms with van der Waals surface area (Å²) in [4.78, 5) is 12.1. The number of aromatic amines is 1. The zero-order chi connectivity index (χ0) is 13.2. The summed E-state index contributed by atoms with van der Waals surface area (Å²) in [5.74, 6) is -0.481. The molecule has 0 fully saturated rings. The molecule has 1 aliphatic carbocycles. The van der Waals surface area contributed by atoms with Gasteiger partial charge in [-0.1, -0.05) is 0 Å². The van der Waals surface area contributed by atoms with Crippen molar-refractivity contribution in [1.82, 2.24) is 15.4 Å². The largest absolute Gasteiger partial charge is 0.326 e. The average Bonchev–Trinajstić information content (AvgIpc) is 2.88. The molecule has 0 spiro atoms. The molecule has 1 aromatic heterocycles. The minimum absolute atomic E-state index is 0.0553. The van der Waals surface area contributed by atoms with Gasteiger partial charge in [0.05, 0.1) is 11.4 Å². The van der Waals surface area contributed by atoms with Crippen molar-refractivity contribution in [1.29, 1.82) is 0 Å². The number of anilines is 1. The Labute approximate surface area is 109 Å². The number of rotatable bonds is 2. The molecule has 1 aromatic carbocycles. The van der Waals surface area contributed by atoms with Gasteiger partial charge in [0.2, 0.25) is 5.91 Å². The standard InChI is InChI=1S/C13H13FN4O/c14-9-2-4-10(5-3-9)15-13(19)8-1-6-11-12(7-8)17-18-16-11/h2-5,8H,1,6-7H2,(H,15,19)(H,16,17,18). The predicted octanol–water partition coefficient (Wildman–Crippen LogP) is 1.69. The van der Waals surface area contributed by atoms with Gasteiger partial charge in [0, 0.05) is 18.0 Å². The molecule has 98 valence electrons. The van der Waals surface area contributed by atoms with Crippen molar-refractivity contribution in [3.05, 3.63) is 41.5 Å². The number of benzene rings is 1. The van der Waals surface area contributed by atoms with Crippen LogP contribution in [0.15, 0.2) is 24.3 Å².